The first kappa shape index (κ1) is 14.4. The van der Waals surface area contributed by atoms with Gasteiger partial charge in [-0.15, -0.1) is 0 Å². The van der Waals surface area contributed by atoms with E-state index in [0.29, 0.717) is 18.2 Å². The third kappa shape index (κ3) is 4.98. The lowest BCUT2D eigenvalue weighted by Crippen LogP contribution is -2.13. The minimum absolute atomic E-state index is 0.444. The molecule has 96 valence electrons. The number of hydrogen-bond acceptors (Lipinski definition) is 4. The van der Waals surface area contributed by atoms with Crippen LogP contribution >= 0.6 is 11.8 Å². The van der Waals surface area contributed by atoms with E-state index in [2.05, 4.69) is 6.92 Å². The minimum Gasteiger partial charge on any atom is -0.497 e. The first-order valence-electron chi connectivity index (χ1n) is 5.77. The molecule has 2 unspecified atom stereocenters. The third-order valence-corrected chi connectivity index (χ3v) is 3.92. The third-order valence-electron chi connectivity index (χ3n) is 2.56. The molecule has 0 bridgehead atoms. The van der Waals surface area contributed by atoms with Crippen molar-refractivity contribution in [3.8, 4) is 5.75 Å². The van der Waals surface area contributed by atoms with E-state index in [4.69, 9.17) is 10.5 Å². The molecule has 3 nitrogen and oxygen atoms in total. The topological polar surface area (TPSA) is 55.5 Å². The number of methoxy groups -OCH3 is 1. The molecule has 4 heteroatoms. The van der Waals surface area contributed by atoms with Crippen molar-refractivity contribution in [2.45, 2.75) is 13.0 Å². The highest BCUT2D eigenvalue weighted by Crippen LogP contribution is 2.22. The van der Waals surface area contributed by atoms with Gasteiger partial charge in [0.2, 0.25) is 0 Å². The first-order valence-corrected chi connectivity index (χ1v) is 6.92. The summed E-state index contributed by atoms with van der Waals surface area (Å²) in [6.07, 6.45) is -0.444. The summed E-state index contributed by atoms with van der Waals surface area (Å²) >= 11 is 1.73. The Morgan fingerprint density at radius 1 is 1.41 bits per heavy atom. The predicted octanol–water partition coefficient (Wildman–Crippen LogP) is 2.06. The summed E-state index contributed by atoms with van der Waals surface area (Å²) in [5.41, 5.74) is 6.45. The molecule has 0 radical (unpaired) electrons. The normalized spacial score (nSPS) is 14.4. The summed E-state index contributed by atoms with van der Waals surface area (Å²) in [7, 11) is 1.63. The monoisotopic (exact) mass is 255 g/mol. The molecule has 0 aliphatic carbocycles. The van der Waals surface area contributed by atoms with Crippen LogP contribution in [-0.4, -0.2) is 30.3 Å². The van der Waals surface area contributed by atoms with Gasteiger partial charge >= 0.3 is 0 Å². The molecule has 0 spiro atoms. The van der Waals surface area contributed by atoms with Crippen LogP contribution in [0, 0.1) is 5.92 Å². The quantitative estimate of drug-likeness (QED) is 0.783. The molecule has 1 aromatic carbocycles. The number of hydrogen-bond donors (Lipinski definition) is 2. The van der Waals surface area contributed by atoms with Crippen LogP contribution in [0.2, 0.25) is 0 Å². The average Bonchev–Trinajstić information content (AvgIpc) is 2.38. The highest BCUT2D eigenvalue weighted by Gasteiger charge is 2.09. The zero-order chi connectivity index (χ0) is 12.7. The van der Waals surface area contributed by atoms with E-state index in [9.17, 15) is 5.11 Å². The Balaban J connectivity index is 2.43. The van der Waals surface area contributed by atoms with Gasteiger partial charge in [0, 0.05) is 5.75 Å². The summed E-state index contributed by atoms with van der Waals surface area (Å²) in [6, 6.07) is 7.56. The van der Waals surface area contributed by atoms with Gasteiger partial charge in [-0.1, -0.05) is 19.1 Å². The molecule has 17 heavy (non-hydrogen) atoms. The van der Waals surface area contributed by atoms with Gasteiger partial charge in [0.1, 0.15) is 5.75 Å². The second-order valence-electron chi connectivity index (χ2n) is 4.17. The van der Waals surface area contributed by atoms with Crippen molar-refractivity contribution in [3.05, 3.63) is 29.8 Å². The van der Waals surface area contributed by atoms with Crippen LogP contribution in [0.3, 0.4) is 0 Å². The Kier molecular flexibility index (Phi) is 6.40. The van der Waals surface area contributed by atoms with Gasteiger partial charge in [-0.2, -0.15) is 11.8 Å². The number of thioether (sulfide) groups is 1. The first-order chi connectivity index (χ1) is 8.17. The maximum Gasteiger partial charge on any atom is 0.119 e. The molecule has 0 fully saturated rings. The van der Waals surface area contributed by atoms with E-state index < -0.39 is 6.10 Å². The molecule has 0 heterocycles. The van der Waals surface area contributed by atoms with Gasteiger partial charge in [0.15, 0.2) is 0 Å². The van der Waals surface area contributed by atoms with E-state index in [1.165, 1.54) is 0 Å². The van der Waals surface area contributed by atoms with E-state index in [0.717, 1.165) is 17.1 Å². The molecular formula is C13H21NO2S. The van der Waals surface area contributed by atoms with E-state index in [-0.39, 0.29) is 0 Å². The second-order valence-corrected chi connectivity index (χ2v) is 5.25. The lowest BCUT2D eigenvalue weighted by Gasteiger charge is -2.13. The van der Waals surface area contributed by atoms with E-state index >= 15 is 0 Å². The molecule has 0 aliphatic rings. The van der Waals surface area contributed by atoms with Gasteiger partial charge in [-0.3, -0.25) is 0 Å². The lowest BCUT2D eigenvalue weighted by molar-refractivity contribution is 0.203. The van der Waals surface area contributed by atoms with Gasteiger partial charge in [0.25, 0.3) is 0 Å². The van der Waals surface area contributed by atoms with Crippen molar-refractivity contribution >= 4 is 11.8 Å². The summed E-state index contributed by atoms with van der Waals surface area (Å²) in [5, 5.41) is 10.0. The standard InChI is InChI=1S/C13H21NO2S/c1-10(7-14)8-17-9-13(15)11-4-3-5-12(6-11)16-2/h3-6,10,13,15H,7-9,14H2,1-2H3. The molecule has 0 saturated carbocycles. The number of rotatable bonds is 7. The largest absolute Gasteiger partial charge is 0.497 e. The van der Waals surface area contributed by atoms with Crippen LogP contribution in [-0.2, 0) is 0 Å². The summed E-state index contributed by atoms with van der Waals surface area (Å²) < 4.78 is 5.13. The molecule has 3 N–H and O–H groups in total. The van der Waals surface area contributed by atoms with Crippen LogP contribution in [0.1, 0.15) is 18.6 Å². The Hall–Kier alpha value is -0.710. The highest BCUT2D eigenvalue weighted by atomic mass is 32.2. The van der Waals surface area contributed by atoms with E-state index in [1.807, 2.05) is 24.3 Å². The molecule has 1 rings (SSSR count). The maximum absolute atomic E-state index is 10.0. The van der Waals surface area contributed by atoms with Crippen LogP contribution in [0.15, 0.2) is 24.3 Å². The maximum atomic E-state index is 10.0. The van der Waals surface area contributed by atoms with Gasteiger partial charge in [0.05, 0.1) is 13.2 Å². The molecule has 0 aliphatic heterocycles. The summed E-state index contributed by atoms with van der Waals surface area (Å²) in [5.74, 6) is 2.95. The van der Waals surface area contributed by atoms with Crippen molar-refractivity contribution in [1.82, 2.24) is 0 Å². The zero-order valence-electron chi connectivity index (χ0n) is 10.4. The van der Waals surface area contributed by atoms with Crippen LogP contribution < -0.4 is 10.5 Å². The van der Waals surface area contributed by atoms with Crippen molar-refractivity contribution < 1.29 is 9.84 Å². The number of benzene rings is 1. The Morgan fingerprint density at radius 3 is 2.82 bits per heavy atom. The van der Waals surface area contributed by atoms with Crippen LogP contribution in [0.5, 0.6) is 5.75 Å². The van der Waals surface area contributed by atoms with Crippen molar-refractivity contribution in [1.29, 1.82) is 0 Å². The zero-order valence-corrected chi connectivity index (χ0v) is 11.2. The van der Waals surface area contributed by atoms with Crippen molar-refractivity contribution in [3.63, 3.8) is 0 Å². The molecule has 0 amide bonds. The van der Waals surface area contributed by atoms with Crippen LogP contribution in [0.25, 0.3) is 0 Å². The molecule has 2 atom stereocenters. The highest BCUT2D eigenvalue weighted by molar-refractivity contribution is 7.99. The Labute approximate surface area is 107 Å². The average molecular weight is 255 g/mol. The fourth-order valence-corrected chi connectivity index (χ4v) is 2.48. The Bertz CT molecular complexity index is 333. The van der Waals surface area contributed by atoms with Crippen molar-refractivity contribution in [2.24, 2.45) is 11.7 Å². The molecule has 1 aromatic rings. The SMILES string of the molecule is COc1cccc(C(O)CSCC(C)CN)c1. The molecule has 0 saturated heterocycles. The number of ether oxygens (including phenoxy) is 1. The number of aliphatic hydroxyl groups excluding tert-OH is 1. The lowest BCUT2D eigenvalue weighted by atomic mass is 10.1. The number of aliphatic hydroxyl groups is 1. The molecule has 0 aromatic heterocycles. The second kappa shape index (κ2) is 7.58. The van der Waals surface area contributed by atoms with Gasteiger partial charge in [-0.25, -0.2) is 0 Å². The van der Waals surface area contributed by atoms with Gasteiger partial charge in [-0.05, 0) is 35.9 Å². The Morgan fingerprint density at radius 2 is 2.18 bits per heavy atom. The summed E-state index contributed by atoms with van der Waals surface area (Å²) in [6.45, 7) is 2.81. The van der Waals surface area contributed by atoms with E-state index in [1.54, 1.807) is 18.9 Å². The number of nitrogens with two attached hydrogens (primary N) is 1. The predicted molar refractivity (Wildman–Crippen MR) is 73.5 cm³/mol. The summed E-state index contributed by atoms with van der Waals surface area (Å²) in [4.78, 5) is 0. The van der Waals surface area contributed by atoms with Crippen LogP contribution in [0.4, 0.5) is 0 Å². The van der Waals surface area contributed by atoms with Gasteiger partial charge < -0.3 is 15.6 Å². The fourth-order valence-electron chi connectivity index (χ4n) is 1.39. The smallest absolute Gasteiger partial charge is 0.119 e. The van der Waals surface area contributed by atoms with Crippen molar-refractivity contribution in [2.75, 3.05) is 25.2 Å². The minimum atomic E-state index is -0.444. The fraction of sp³-hybridized carbons (Fsp3) is 0.538. The molecular weight excluding hydrogens is 234 g/mol.